The van der Waals surface area contributed by atoms with Crippen LogP contribution in [0.15, 0.2) is 12.1 Å². The molecule has 1 aromatic rings. The Bertz CT molecular complexity index is 448. The lowest BCUT2D eigenvalue weighted by Crippen LogP contribution is -2.29. The molecule has 0 spiro atoms. The Hall–Kier alpha value is -1.35. The van der Waals surface area contributed by atoms with Gasteiger partial charge in [-0.25, -0.2) is 4.79 Å². The summed E-state index contributed by atoms with van der Waals surface area (Å²) in [5, 5.41) is 3.42. The minimum absolute atomic E-state index is 0.238. The van der Waals surface area contributed by atoms with Gasteiger partial charge in [-0.3, -0.25) is 0 Å². The summed E-state index contributed by atoms with van der Waals surface area (Å²) in [6, 6.07) is 4.12. The number of ether oxygens (including phenoxy) is 1. The van der Waals surface area contributed by atoms with Gasteiger partial charge in [0, 0.05) is 6.54 Å². The van der Waals surface area contributed by atoms with E-state index in [9.17, 15) is 4.79 Å². The summed E-state index contributed by atoms with van der Waals surface area (Å²) in [6.45, 7) is 6.19. The Morgan fingerprint density at radius 2 is 2.11 bits per heavy atom. The zero-order valence-corrected chi connectivity index (χ0v) is 11.4. The van der Waals surface area contributed by atoms with Gasteiger partial charge < -0.3 is 10.1 Å². The molecule has 1 aliphatic heterocycles. The Morgan fingerprint density at radius 3 is 2.72 bits per heavy atom. The van der Waals surface area contributed by atoms with Crippen LogP contribution < -0.4 is 5.32 Å². The van der Waals surface area contributed by atoms with Crippen LogP contribution in [0.5, 0.6) is 0 Å². The van der Waals surface area contributed by atoms with E-state index in [1.54, 1.807) is 0 Å². The highest BCUT2D eigenvalue weighted by Crippen LogP contribution is 2.28. The molecule has 0 bridgehead atoms. The molecule has 98 valence electrons. The van der Waals surface area contributed by atoms with Crippen LogP contribution in [-0.4, -0.2) is 26.2 Å². The fourth-order valence-corrected chi connectivity index (χ4v) is 2.76. The number of carbonyl (C=O) groups excluding carboxylic acids is 1. The molecule has 2 rings (SSSR count). The van der Waals surface area contributed by atoms with E-state index >= 15 is 0 Å². The first-order chi connectivity index (χ1) is 8.63. The first-order valence-electron chi connectivity index (χ1n) is 6.53. The summed E-state index contributed by atoms with van der Waals surface area (Å²) in [4.78, 5) is 11.7. The van der Waals surface area contributed by atoms with Crippen LogP contribution in [0.4, 0.5) is 0 Å². The van der Waals surface area contributed by atoms with Gasteiger partial charge in [-0.05, 0) is 61.9 Å². The Labute approximate surface area is 109 Å². The first kappa shape index (κ1) is 13.1. The van der Waals surface area contributed by atoms with Crippen LogP contribution in [-0.2, 0) is 4.74 Å². The molecule has 1 heterocycles. The average molecular weight is 247 g/mol. The maximum atomic E-state index is 11.7. The molecule has 1 N–H and O–H groups in total. The lowest BCUT2D eigenvalue weighted by Gasteiger charge is -2.25. The van der Waals surface area contributed by atoms with Crippen LogP contribution in [0.1, 0.15) is 45.8 Å². The van der Waals surface area contributed by atoms with Crippen molar-refractivity contribution in [2.75, 3.05) is 20.2 Å². The van der Waals surface area contributed by atoms with Crippen LogP contribution in [0.3, 0.4) is 0 Å². The zero-order chi connectivity index (χ0) is 13.1. The van der Waals surface area contributed by atoms with Gasteiger partial charge in [0.25, 0.3) is 0 Å². The van der Waals surface area contributed by atoms with E-state index in [0.717, 1.165) is 18.7 Å². The number of carbonyl (C=O) groups is 1. The zero-order valence-electron chi connectivity index (χ0n) is 11.4. The van der Waals surface area contributed by atoms with E-state index in [1.165, 1.54) is 31.1 Å². The van der Waals surface area contributed by atoms with Crippen LogP contribution in [0.25, 0.3) is 0 Å². The second-order valence-electron chi connectivity index (χ2n) is 5.06. The maximum absolute atomic E-state index is 11.7. The minimum atomic E-state index is -0.238. The van der Waals surface area contributed by atoms with Crippen molar-refractivity contribution in [3.8, 4) is 0 Å². The molecule has 18 heavy (non-hydrogen) atoms. The fraction of sp³-hybridized carbons (Fsp3) is 0.533. The number of hydrogen-bond acceptors (Lipinski definition) is 3. The molecule has 0 amide bonds. The highest BCUT2D eigenvalue weighted by Gasteiger charge is 2.20. The number of rotatable bonds is 2. The van der Waals surface area contributed by atoms with Gasteiger partial charge >= 0.3 is 5.97 Å². The summed E-state index contributed by atoms with van der Waals surface area (Å²) in [5.74, 6) is 0.278. The normalized spacial score (nSPS) is 19.6. The molecule has 1 unspecified atom stereocenters. The Morgan fingerprint density at radius 1 is 1.33 bits per heavy atom. The topological polar surface area (TPSA) is 38.3 Å². The monoisotopic (exact) mass is 247 g/mol. The van der Waals surface area contributed by atoms with Gasteiger partial charge in [0.1, 0.15) is 0 Å². The largest absolute Gasteiger partial charge is 0.465 e. The van der Waals surface area contributed by atoms with Gasteiger partial charge in [0.05, 0.1) is 12.7 Å². The van der Waals surface area contributed by atoms with Crippen molar-refractivity contribution in [2.24, 2.45) is 0 Å². The predicted octanol–water partition coefficient (Wildman–Crippen LogP) is 2.56. The minimum Gasteiger partial charge on any atom is -0.465 e. The first-order valence-corrected chi connectivity index (χ1v) is 6.53. The van der Waals surface area contributed by atoms with Gasteiger partial charge in [0.15, 0.2) is 0 Å². The fourth-order valence-electron chi connectivity index (χ4n) is 2.76. The number of methoxy groups -OCH3 is 1. The number of hydrogen-bond donors (Lipinski definition) is 1. The second-order valence-corrected chi connectivity index (χ2v) is 5.06. The van der Waals surface area contributed by atoms with E-state index in [0.29, 0.717) is 11.5 Å². The maximum Gasteiger partial charge on any atom is 0.338 e. The van der Waals surface area contributed by atoms with Crippen molar-refractivity contribution >= 4 is 5.97 Å². The van der Waals surface area contributed by atoms with Crippen molar-refractivity contribution in [1.82, 2.24) is 5.32 Å². The van der Waals surface area contributed by atoms with E-state index in [-0.39, 0.29) is 5.97 Å². The molecule has 1 fully saturated rings. The van der Waals surface area contributed by atoms with Crippen molar-refractivity contribution in [3.63, 3.8) is 0 Å². The smallest absolute Gasteiger partial charge is 0.338 e. The molecule has 0 radical (unpaired) electrons. The highest BCUT2D eigenvalue weighted by molar-refractivity contribution is 5.91. The highest BCUT2D eigenvalue weighted by atomic mass is 16.5. The summed E-state index contributed by atoms with van der Waals surface area (Å²) in [5.41, 5.74) is 4.25. The molecule has 1 aliphatic rings. The number of piperidine rings is 1. The lowest BCUT2D eigenvalue weighted by molar-refractivity contribution is 0.0599. The quantitative estimate of drug-likeness (QED) is 0.816. The van der Waals surface area contributed by atoms with Crippen molar-refractivity contribution < 1.29 is 9.53 Å². The summed E-state index contributed by atoms with van der Waals surface area (Å²) in [6.07, 6.45) is 2.39. The Kier molecular flexibility index (Phi) is 4.02. The molecular weight excluding hydrogens is 226 g/mol. The van der Waals surface area contributed by atoms with E-state index in [1.807, 2.05) is 13.0 Å². The average Bonchev–Trinajstić information content (AvgIpc) is 2.39. The second kappa shape index (κ2) is 5.53. The van der Waals surface area contributed by atoms with E-state index < -0.39 is 0 Å². The summed E-state index contributed by atoms with van der Waals surface area (Å²) in [7, 11) is 1.43. The SMILES string of the molecule is COC(=O)c1cc(C2CCCNC2)c(C)cc1C. The molecule has 1 atom stereocenters. The third-order valence-corrected chi connectivity index (χ3v) is 3.76. The van der Waals surface area contributed by atoms with Crippen LogP contribution in [0, 0.1) is 13.8 Å². The number of nitrogens with one attached hydrogen (secondary N) is 1. The summed E-state index contributed by atoms with van der Waals surface area (Å²) < 4.78 is 4.84. The van der Waals surface area contributed by atoms with Gasteiger partial charge in [0.2, 0.25) is 0 Å². The molecular formula is C15H21NO2. The molecule has 0 aromatic heterocycles. The van der Waals surface area contributed by atoms with Crippen molar-refractivity contribution in [3.05, 3.63) is 34.4 Å². The lowest BCUT2D eigenvalue weighted by atomic mass is 9.86. The van der Waals surface area contributed by atoms with Crippen molar-refractivity contribution in [2.45, 2.75) is 32.6 Å². The number of aryl methyl sites for hydroxylation is 2. The molecule has 3 nitrogen and oxygen atoms in total. The van der Waals surface area contributed by atoms with Crippen LogP contribution in [0.2, 0.25) is 0 Å². The third kappa shape index (κ3) is 2.56. The number of benzene rings is 1. The van der Waals surface area contributed by atoms with E-state index in [2.05, 4.69) is 18.3 Å². The van der Waals surface area contributed by atoms with Gasteiger partial charge in [-0.15, -0.1) is 0 Å². The third-order valence-electron chi connectivity index (χ3n) is 3.76. The summed E-state index contributed by atoms with van der Waals surface area (Å²) >= 11 is 0. The molecule has 0 aliphatic carbocycles. The Balaban J connectivity index is 2.37. The number of esters is 1. The molecule has 0 saturated carbocycles. The van der Waals surface area contributed by atoms with Gasteiger partial charge in [-0.1, -0.05) is 6.07 Å². The van der Waals surface area contributed by atoms with Crippen molar-refractivity contribution in [1.29, 1.82) is 0 Å². The molecule has 1 saturated heterocycles. The van der Waals surface area contributed by atoms with Crippen LogP contribution >= 0.6 is 0 Å². The van der Waals surface area contributed by atoms with Gasteiger partial charge in [-0.2, -0.15) is 0 Å². The van der Waals surface area contributed by atoms with E-state index in [4.69, 9.17) is 4.74 Å². The predicted molar refractivity (Wildman–Crippen MR) is 72.1 cm³/mol. The molecule has 1 aromatic carbocycles. The molecule has 3 heteroatoms. The standard InChI is InChI=1S/C15H21NO2/c1-10-7-11(2)14(15(17)18-3)8-13(10)12-5-4-6-16-9-12/h7-8,12,16H,4-6,9H2,1-3H3.